The number of nitrogens with one attached hydrogen (secondary N) is 1. The smallest absolute Gasteiger partial charge is 0.338 e. The second-order valence-corrected chi connectivity index (χ2v) is 20.2. The van der Waals surface area contributed by atoms with Crippen molar-refractivity contribution < 1.29 is 76.1 Å². The largest absolute Gasteiger partial charge is 0.456 e. The fourth-order valence-electron chi connectivity index (χ4n) is 10.2. The predicted molar refractivity (Wildman–Crippen MR) is 294 cm³/mol. The molecule has 0 aromatic heterocycles. The van der Waals surface area contributed by atoms with E-state index in [9.17, 15) is 28.8 Å². The first-order chi connectivity index (χ1) is 39.6. The van der Waals surface area contributed by atoms with Gasteiger partial charge < -0.3 is 69.9 Å². The van der Waals surface area contributed by atoms with Gasteiger partial charge in [0.15, 0.2) is 42.6 Å². The molecule has 6 aromatic carbocycles. The molecule has 9 unspecified atom stereocenters. The van der Waals surface area contributed by atoms with Crippen molar-refractivity contribution in [3.05, 3.63) is 215 Å². The van der Waals surface area contributed by atoms with Crippen molar-refractivity contribution in [1.82, 2.24) is 5.32 Å². The first kappa shape index (κ1) is 58.5. The lowest BCUT2D eigenvalue weighted by atomic mass is 9.83. The standard InChI is InChI=1S/C62H64N4O16/c1-36(74-54(67)37-22-10-4-11-23-37)46-50(76-56(69)39-26-14-6-15-27-39)49(75-55(68)38-24-12-5-13-25-38)45(65)60(79-46)80-47-43(63)34-44(64)48(51(47)77-57(70)40-28-16-7-17-29-40)81-61-52(78-58(71)41-30-18-8-19-31-41)53(66-3)62(2,35-73-61)82-59(72)42-32-20-9-21-33-42/h4-33,36,43-53,60-61,66H,34-35,63-65H2,1-3H3/t36-,43?,44-,45?,46?,47-,48?,49?,50-,51?,52-,53?,60-,61?,62?/m1/s1. The average Bonchev–Trinajstić information content (AvgIpc) is 3.67. The highest BCUT2D eigenvalue weighted by atomic mass is 16.7. The van der Waals surface area contributed by atoms with Gasteiger partial charge in [0.1, 0.15) is 24.4 Å². The minimum Gasteiger partial charge on any atom is -0.456 e. The number of carbonyl (C=O) groups excluding carboxylic acids is 6. The third-order valence-corrected chi connectivity index (χ3v) is 14.5. The van der Waals surface area contributed by atoms with Gasteiger partial charge in [-0.1, -0.05) is 109 Å². The molecular formula is C62H64N4O16. The van der Waals surface area contributed by atoms with E-state index in [-0.39, 0.29) is 46.4 Å². The van der Waals surface area contributed by atoms with Gasteiger partial charge in [-0.3, -0.25) is 0 Å². The first-order valence-corrected chi connectivity index (χ1v) is 26.7. The Bertz CT molecular complexity index is 3120. The van der Waals surface area contributed by atoms with Crippen molar-refractivity contribution >= 4 is 35.8 Å². The van der Waals surface area contributed by atoms with Crippen molar-refractivity contribution in [1.29, 1.82) is 0 Å². The Balaban J connectivity index is 1.08. The van der Waals surface area contributed by atoms with Crippen LogP contribution in [0, 0.1) is 0 Å². The molecular weight excluding hydrogens is 1060 g/mol. The molecule has 3 aliphatic rings. The highest BCUT2D eigenvalue weighted by Gasteiger charge is 2.58. The van der Waals surface area contributed by atoms with Gasteiger partial charge in [0.2, 0.25) is 0 Å². The van der Waals surface area contributed by atoms with E-state index in [1.165, 1.54) is 43.3 Å². The Labute approximate surface area is 473 Å². The minimum atomic E-state index is -1.69. The Morgan fingerprint density at radius 3 is 1.24 bits per heavy atom. The fraction of sp³-hybridized carbons (Fsp3) is 0.323. The summed E-state index contributed by atoms with van der Waals surface area (Å²) in [5.41, 5.74) is 20.6. The summed E-state index contributed by atoms with van der Waals surface area (Å²) < 4.78 is 64.0. The molecule has 3 fully saturated rings. The maximum atomic E-state index is 14.4. The van der Waals surface area contributed by atoms with E-state index in [4.69, 9.17) is 64.6 Å². The molecule has 2 saturated heterocycles. The second-order valence-electron chi connectivity index (χ2n) is 20.2. The molecule has 9 rings (SSSR count). The SMILES string of the molecule is CNC1[C@@H](OC(=O)c2ccccc2)C(OC2C(OC(=O)c3ccccc3)[C@H](O[C@H]3OC([C@@H](C)OC(=O)c4ccccc4)[C@@H](OC(=O)c4ccccc4)C(OC(=O)c4ccccc4)C3N)C(N)C[C@H]2N)OCC1(C)OC(=O)c1ccccc1. The van der Waals surface area contributed by atoms with Crippen molar-refractivity contribution in [3.8, 4) is 0 Å². The molecule has 428 valence electrons. The van der Waals surface area contributed by atoms with Gasteiger partial charge in [-0.05, 0) is 100 Å². The third kappa shape index (κ3) is 13.6. The number of nitrogens with two attached hydrogens (primary N) is 3. The zero-order valence-corrected chi connectivity index (χ0v) is 45.1. The van der Waals surface area contributed by atoms with Crippen molar-refractivity contribution in [2.45, 2.75) is 111 Å². The fourth-order valence-corrected chi connectivity index (χ4v) is 10.2. The van der Waals surface area contributed by atoms with Crippen LogP contribution in [0.2, 0.25) is 0 Å². The Morgan fingerprint density at radius 1 is 0.476 bits per heavy atom. The van der Waals surface area contributed by atoms with E-state index in [2.05, 4.69) is 5.32 Å². The zero-order valence-electron chi connectivity index (χ0n) is 45.1. The van der Waals surface area contributed by atoms with Crippen LogP contribution in [0.3, 0.4) is 0 Å². The topological polar surface area (TPSA) is 285 Å². The molecule has 1 aliphatic carbocycles. The van der Waals surface area contributed by atoms with Gasteiger partial charge in [-0.25, -0.2) is 28.8 Å². The summed E-state index contributed by atoms with van der Waals surface area (Å²) in [5, 5.41) is 3.16. The van der Waals surface area contributed by atoms with Crippen LogP contribution in [0.25, 0.3) is 0 Å². The molecule has 20 nitrogen and oxygen atoms in total. The summed E-state index contributed by atoms with van der Waals surface area (Å²) in [4.78, 5) is 84.1. The number of rotatable bonds is 18. The van der Waals surface area contributed by atoms with Gasteiger partial charge in [0.05, 0.1) is 52.1 Å². The van der Waals surface area contributed by atoms with Crippen molar-refractivity contribution in [2.75, 3.05) is 13.7 Å². The van der Waals surface area contributed by atoms with Crippen LogP contribution in [0.1, 0.15) is 82.4 Å². The molecule has 82 heavy (non-hydrogen) atoms. The third-order valence-electron chi connectivity index (χ3n) is 14.5. The van der Waals surface area contributed by atoms with E-state index < -0.39 is 127 Å². The quantitative estimate of drug-likeness (QED) is 0.0604. The van der Waals surface area contributed by atoms with E-state index in [1.54, 1.807) is 160 Å². The number of hydrogen-bond acceptors (Lipinski definition) is 20. The maximum Gasteiger partial charge on any atom is 0.338 e. The second kappa shape index (κ2) is 26.6. The molecule has 1 saturated carbocycles. The van der Waals surface area contributed by atoms with Crippen LogP contribution in [-0.2, 0) is 47.4 Å². The Kier molecular flexibility index (Phi) is 19.0. The predicted octanol–water partition coefficient (Wildman–Crippen LogP) is 5.58. The zero-order chi connectivity index (χ0) is 57.9. The summed E-state index contributed by atoms with van der Waals surface area (Å²) in [6.45, 7) is 2.81. The number of esters is 6. The van der Waals surface area contributed by atoms with E-state index in [1.807, 2.05) is 0 Å². The number of hydrogen-bond donors (Lipinski definition) is 4. The van der Waals surface area contributed by atoms with Crippen LogP contribution in [0.15, 0.2) is 182 Å². The van der Waals surface area contributed by atoms with Crippen LogP contribution < -0.4 is 22.5 Å². The number of ether oxygens (including phenoxy) is 10. The van der Waals surface area contributed by atoms with Gasteiger partial charge in [0.25, 0.3) is 0 Å². The normalized spacial score (nSPS) is 28.2. The van der Waals surface area contributed by atoms with Crippen LogP contribution in [0.5, 0.6) is 0 Å². The molecule has 2 aliphatic heterocycles. The Morgan fingerprint density at radius 2 is 0.829 bits per heavy atom. The molecule has 6 aromatic rings. The number of benzene rings is 6. The van der Waals surface area contributed by atoms with Crippen molar-refractivity contribution in [3.63, 3.8) is 0 Å². The molecule has 20 heteroatoms. The average molecular weight is 1120 g/mol. The highest BCUT2D eigenvalue weighted by molar-refractivity contribution is 5.92. The first-order valence-electron chi connectivity index (χ1n) is 26.7. The maximum absolute atomic E-state index is 14.4. The van der Waals surface area contributed by atoms with Crippen LogP contribution >= 0.6 is 0 Å². The van der Waals surface area contributed by atoms with E-state index in [0.29, 0.717) is 0 Å². The number of likely N-dealkylation sites (N-methyl/N-ethyl adjacent to an activating group) is 1. The van der Waals surface area contributed by atoms with Gasteiger partial charge in [-0.15, -0.1) is 0 Å². The van der Waals surface area contributed by atoms with E-state index >= 15 is 0 Å². The van der Waals surface area contributed by atoms with Gasteiger partial charge >= 0.3 is 35.8 Å². The molecule has 0 amide bonds. The minimum absolute atomic E-state index is 0.0714. The molecule has 2 heterocycles. The lowest BCUT2D eigenvalue weighted by molar-refractivity contribution is -0.317. The number of carbonyl (C=O) groups is 6. The van der Waals surface area contributed by atoms with E-state index in [0.717, 1.165) is 0 Å². The molecule has 0 spiro atoms. The lowest BCUT2D eigenvalue weighted by Crippen LogP contribution is -2.71. The summed E-state index contributed by atoms with van der Waals surface area (Å²) in [7, 11) is 1.59. The van der Waals surface area contributed by atoms with Crippen LogP contribution in [-0.4, -0.2) is 141 Å². The van der Waals surface area contributed by atoms with Gasteiger partial charge in [-0.2, -0.15) is 0 Å². The summed E-state index contributed by atoms with van der Waals surface area (Å²) >= 11 is 0. The van der Waals surface area contributed by atoms with Crippen molar-refractivity contribution in [2.24, 2.45) is 17.2 Å². The summed E-state index contributed by atoms with van der Waals surface area (Å²) in [6.07, 6.45) is -15.0. The molecule has 15 atom stereocenters. The molecule has 7 N–H and O–H groups in total. The van der Waals surface area contributed by atoms with Crippen LogP contribution in [0.4, 0.5) is 0 Å². The van der Waals surface area contributed by atoms with Gasteiger partial charge in [0, 0.05) is 12.1 Å². The summed E-state index contributed by atoms with van der Waals surface area (Å²) in [5.74, 6) is -4.78. The monoisotopic (exact) mass is 1120 g/mol. The highest BCUT2D eigenvalue weighted by Crippen LogP contribution is 2.38. The molecule has 0 bridgehead atoms. The summed E-state index contributed by atoms with van der Waals surface area (Å²) in [6, 6.07) is 44.0. The molecule has 0 radical (unpaired) electrons. The lowest BCUT2D eigenvalue weighted by Gasteiger charge is -2.51. The Hall–Kier alpha value is -8.18.